The number of hydrogen-bond donors (Lipinski definition) is 4. The second kappa shape index (κ2) is 10.9. The Labute approximate surface area is 201 Å². The van der Waals surface area contributed by atoms with E-state index in [9.17, 15) is 34.8 Å². The van der Waals surface area contributed by atoms with Crippen molar-refractivity contribution in [1.82, 2.24) is 9.55 Å². The predicted molar refractivity (Wildman–Crippen MR) is 95.2 cm³/mol. The van der Waals surface area contributed by atoms with Crippen molar-refractivity contribution < 1.29 is 69.0 Å². The zero-order valence-electron chi connectivity index (χ0n) is 17.1. The Kier molecular flexibility index (Phi) is 9.01. The second-order valence-electron chi connectivity index (χ2n) is 7.17. The van der Waals surface area contributed by atoms with Gasteiger partial charge in [-0.2, -0.15) is 0 Å². The fraction of sp³-hybridized carbons (Fsp3) is 0.688. The van der Waals surface area contributed by atoms with Crippen LogP contribution in [0.25, 0.3) is 10.4 Å². The Morgan fingerprint density at radius 2 is 2.03 bits per heavy atom. The molecule has 32 heavy (non-hydrogen) atoms. The number of carbonyl (C=O) groups excluding carboxylic acids is 1. The molecule has 2 saturated heterocycles. The van der Waals surface area contributed by atoms with Crippen LogP contribution in [-0.4, -0.2) is 80.3 Å². The zero-order chi connectivity index (χ0) is 22.9. The van der Waals surface area contributed by atoms with Crippen molar-refractivity contribution in [2.75, 3.05) is 6.61 Å². The van der Waals surface area contributed by atoms with E-state index in [0.717, 1.165) is 4.57 Å². The maximum Gasteiger partial charge on any atom is 1.00 e. The van der Waals surface area contributed by atoms with Crippen molar-refractivity contribution in [2.24, 2.45) is 5.11 Å². The molecule has 1 aromatic heterocycles. The number of carboxylic acid groups (broad SMARTS) is 1. The molecule has 3 heterocycles. The molecule has 0 radical (unpaired) electrons. The van der Waals surface area contributed by atoms with Crippen molar-refractivity contribution in [2.45, 2.75) is 62.4 Å². The minimum Gasteiger partial charge on any atom is -0.547 e. The molecule has 0 saturated carbocycles. The molecule has 0 aromatic carbocycles. The minimum absolute atomic E-state index is 0. The number of aliphatic carboxylic acids is 1. The molecular formula is C16H20N5NaO10. The number of azide groups is 1. The molecule has 16 heteroatoms. The molecule has 3 rings (SSSR count). The van der Waals surface area contributed by atoms with E-state index < -0.39 is 66.3 Å². The van der Waals surface area contributed by atoms with E-state index in [4.69, 9.17) is 19.7 Å². The average Bonchev–Trinajstić information content (AvgIpc) is 3.11. The van der Waals surface area contributed by atoms with Gasteiger partial charge in [-0.25, -0.2) is 4.79 Å². The van der Waals surface area contributed by atoms with E-state index in [0.29, 0.717) is 0 Å². The summed E-state index contributed by atoms with van der Waals surface area (Å²) in [4.78, 5) is 39.6. The van der Waals surface area contributed by atoms with Gasteiger partial charge in [0.15, 0.2) is 6.29 Å². The summed E-state index contributed by atoms with van der Waals surface area (Å²) in [6, 6.07) is -0.817. The number of aromatic amines is 1. The van der Waals surface area contributed by atoms with Gasteiger partial charge in [0.05, 0.1) is 24.7 Å². The van der Waals surface area contributed by atoms with Crippen LogP contribution in [0, 0.1) is 6.92 Å². The third kappa shape index (κ3) is 5.40. The quantitative estimate of drug-likeness (QED) is 0.134. The number of aromatic nitrogens is 2. The Bertz CT molecular complexity index is 994. The first-order chi connectivity index (χ1) is 14.6. The Morgan fingerprint density at radius 1 is 1.34 bits per heavy atom. The number of carbonyl (C=O) groups is 1. The number of H-pyrrole nitrogens is 1. The van der Waals surface area contributed by atoms with Gasteiger partial charge in [-0.1, -0.05) is 5.11 Å². The van der Waals surface area contributed by atoms with Crippen LogP contribution in [0.15, 0.2) is 20.9 Å². The molecule has 0 spiro atoms. The molecule has 15 nitrogen and oxygen atoms in total. The zero-order valence-corrected chi connectivity index (χ0v) is 19.1. The van der Waals surface area contributed by atoms with E-state index in [1.807, 2.05) is 0 Å². The number of nitrogens with zero attached hydrogens (tertiary/aromatic N) is 4. The fourth-order valence-electron chi connectivity index (χ4n) is 3.39. The topological polar surface area (TPSA) is 232 Å². The molecule has 8 atom stereocenters. The van der Waals surface area contributed by atoms with E-state index in [-0.39, 0.29) is 48.1 Å². The summed E-state index contributed by atoms with van der Waals surface area (Å²) in [7, 11) is 0. The maximum absolute atomic E-state index is 12.1. The van der Waals surface area contributed by atoms with Crippen LogP contribution in [0.5, 0.6) is 0 Å². The summed E-state index contributed by atoms with van der Waals surface area (Å²) in [6.07, 6.45) is -9.71. The molecule has 0 amide bonds. The summed E-state index contributed by atoms with van der Waals surface area (Å²) in [5, 5.41) is 44.1. The Morgan fingerprint density at radius 3 is 2.66 bits per heavy atom. The van der Waals surface area contributed by atoms with Crippen LogP contribution in [0.3, 0.4) is 0 Å². The normalized spacial score (nSPS) is 34.4. The van der Waals surface area contributed by atoms with Gasteiger partial charge in [0, 0.05) is 23.1 Å². The van der Waals surface area contributed by atoms with E-state index >= 15 is 0 Å². The van der Waals surface area contributed by atoms with Crippen molar-refractivity contribution in [3.8, 4) is 0 Å². The van der Waals surface area contributed by atoms with E-state index in [1.165, 1.54) is 13.1 Å². The van der Waals surface area contributed by atoms with Gasteiger partial charge in [-0.3, -0.25) is 14.3 Å². The summed E-state index contributed by atoms with van der Waals surface area (Å²) in [5.41, 5.74) is 7.76. The standard InChI is InChI=1S/C16H21N5O10.Na/c1-5-3-21(16(28)18-13(5)25)8-2-6(19-20-17)7(30-8)4-29-15-11(24)9(22)10(23)12(31-15)14(26)27;/h3,6-12,15,22-24H,2,4H2,1H3,(H,26,27)(H,18,25,28);/q;+1/p-1/t6-,7-,8-,9+,10+,11+,12?,15-;/m1./s1. The smallest absolute Gasteiger partial charge is 0.547 e. The number of aryl methyl sites for hydroxylation is 1. The first-order valence-electron chi connectivity index (χ1n) is 9.18. The SMILES string of the molecule is Cc1cn([C@H]2C[C@@H](N=[N+]=[N-])[C@@H](CO[C@@H]3OC(C(=O)[O-])[C@@H](O)[C@H](O)[C@@H]3O)O2)c(=O)[nH]c1=O.[Na+]. The van der Waals surface area contributed by atoms with Crippen molar-refractivity contribution in [1.29, 1.82) is 0 Å². The van der Waals surface area contributed by atoms with Crippen LogP contribution in [0.1, 0.15) is 18.2 Å². The van der Waals surface area contributed by atoms with Crippen LogP contribution >= 0.6 is 0 Å². The van der Waals surface area contributed by atoms with Crippen molar-refractivity contribution >= 4 is 5.97 Å². The van der Waals surface area contributed by atoms with Gasteiger partial charge in [0.2, 0.25) is 0 Å². The molecule has 2 aliphatic rings. The summed E-state index contributed by atoms with van der Waals surface area (Å²) in [5.74, 6) is -1.82. The molecule has 1 aromatic rings. The molecule has 2 fully saturated rings. The largest absolute Gasteiger partial charge is 1.00 e. The van der Waals surface area contributed by atoms with Crippen LogP contribution < -0.4 is 45.9 Å². The second-order valence-corrected chi connectivity index (χ2v) is 7.17. The number of hydrogen-bond acceptors (Lipinski definition) is 11. The van der Waals surface area contributed by atoms with Gasteiger partial charge in [0.1, 0.15) is 30.6 Å². The van der Waals surface area contributed by atoms with Crippen molar-refractivity contribution in [3.63, 3.8) is 0 Å². The minimum atomic E-state index is -1.95. The van der Waals surface area contributed by atoms with Gasteiger partial charge >= 0.3 is 35.2 Å². The van der Waals surface area contributed by atoms with E-state index in [1.54, 1.807) is 0 Å². The molecule has 0 bridgehead atoms. The predicted octanol–water partition coefficient (Wildman–Crippen LogP) is -6.61. The van der Waals surface area contributed by atoms with Crippen LogP contribution in [0.4, 0.5) is 0 Å². The molecular weight excluding hydrogens is 445 g/mol. The molecule has 0 aliphatic carbocycles. The Hall–Kier alpha value is -1.78. The number of aliphatic hydroxyl groups excluding tert-OH is 3. The van der Waals surface area contributed by atoms with E-state index in [2.05, 4.69) is 15.0 Å². The van der Waals surface area contributed by atoms with Crippen LogP contribution in [-0.2, 0) is 19.0 Å². The number of carboxylic acids is 1. The summed E-state index contributed by atoms with van der Waals surface area (Å²) >= 11 is 0. The number of nitrogens with one attached hydrogen (secondary N) is 1. The van der Waals surface area contributed by atoms with Gasteiger partial charge in [-0.15, -0.1) is 0 Å². The van der Waals surface area contributed by atoms with Gasteiger partial charge < -0.3 is 39.4 Å². The average molecular weight is 465 g/mol. The first-order valence-corrected chi connectivity index (χ1v) is 9.18. The molecule has 4 N–H and O–H groups in total. The first kappa shape index (κ1) is 26.5. The van der Waals surface area contributed by atoms with Gasteiger partial charge in [-0.05, 0) is 12.5 Å². The summed E-state index contributed by atoms with van der Waals surface area (Å²) in [6.45, 7) is 1.10. The number of ether oxygens (including phenoxy) is 3. The van der Waals surface area contributed by atoms with Crippen LogP contribution in [0.2, 0.25) is 0 Å². The van der Waals surface area contributed by atoms with Crippen molar-refractivity contribution in [3.05, 3.63) is 43.0 Å². The molecule has 170 valence electrons. The third-order valence-corrected chi connectivity index (χ3v) is 5.09. The third-order valence-electron chi connectivity index (χ3n) is 5.09. The van der Waals surface area contributed by atoms with Gasteiger partial charge in [0.25, 0.3) is 5.56 Å². The fourth-order valence-corrected chi connectivity index (χ4v) is 3.39. The molecule has 1 unspecified atom stereocenters. The Balaban J connectivity index is 0.00000363. The number of aliphatic hydroxyl groups is 3. The summed E-state index contributed by atoms with van der Waals surface area (Å²) < 4.78 is 17.1. The maximum atomic E-state index is 12.1. The molecule has 2 aliphatic heterocycles. The number of rotatable bonds is 6. The monoisotopic (exact) mass is 465 g/mol.